The van der Waals surface area contributed by atoms with Gasteiger partial charge in [-0.3, -0.25) is 0 Å². The van der Waals surface area contributed by atoms with Gasteiger partial charge in [0, 0.05) is 38.0 Å². The average molecular weight is 211 g/mol. The molecule has 1 aromatic heterocycles. The molecule has 86 valence electrons. The summed E-state index contributed by atoms with van der Waals surface area (Å²) in [5, 5.41) is 3.49. The lowest BCUT2D eigenvalue weighted by atomic mass is 10.1. The Labute approximate surface area is 91.4 Å². The Morgan fingerprint density at radius 3 is 2.87 bits per heavy atom. The van der Waals surface area contributed by atoms with E-state index in [0.29, 0.717) is 12.0 Å². The fraction of sp³-hybridized carbons (Fsp3) is 0.727. The molecule has 1 rings (SSSR count). The van der Waals surface area contributed by atoms with Gasteiger partial charge in [-0.05, 0) is 5.92 Å². The Morgan fingerprint density at radius 2 is 2.33 bits per heavy atom. The Hall–Kier alpha value is -0.870. The van der Waals surface area contributed by atoms with E-state index in [1.807, 2.05) is 6.20 Å². The molecule has 1 aromatic rings. The van der Waals surface area contributed by atoms with Crippen molar-refractivity contribution in [2.45, 2.75) is 26.3 Å². The van der Waals surface area contributed by atoms with Crippen LogP contribution < -0.4 is 5.32 Å². The number of aromatic nitrogens is 2. The van der Waals surface area contributed by atoms with Gasteiger partial charge in [-0.15, -0.1) is 0 Å². The number of ether oxygens (including phenoxy) is 1. The van der Waals surface area contributed by atoms with E-state index in [4.69, 9.17) is 4.74 Å². The molecule has 0 saturated heterocycles. The molecular weight excluding hydrogens is 190 g/mol. The van der Waals surface area contributed by atoms with Crippen LogP contribution in [0.2, 0.25) is 0 Å². The minimum atomic E-state index is 0.429. The maximum absolute atomic E-state index is 5.17. The van der Waals surface area contributed by atoms with E-state index >= 15 is 0 Å². The van der Waals surface area contributed by atoms with Crippen LogP contribution in [0.15, 0.2) is 12.5 Å². The highest BCUT2D eigenvalue weighted by molar-refractivity contribution is 4.94. The monoisotopic (exact) mass is 211 g/mol. The van der Waals surface area contributed by atoms with Crippen molar-refractivity contribution in [2.24, 2.45) is 5.92 Å². The van der Waals surface area contributed by atoms with Gasteiger partial charge in [0.15, 0.2) is 0 Å². The van der Waals surface area contributed by atoms with Gasteiger partial charge in [-0.25, -0.2) is 4.98 Å². The number of nitrogens with one attached hydrogen (secondary N) is 2. The van der Waals surface area contributed by atoms with Crippen LogP contribution in [0, 0.1) is 5.92 Å². The number of imidazole rings is 1. The van der Waals surface area contributed by atoms with Gasteiger partial charge in [0.1, 0.15) is 0 Å². The highest BCUT2D eigenvalue weighted by atomic mass is 16.5. The fourth-order valence-corrected chi connectivity index (χ4v) is 1.48. The lowest BCUT2D eigenvalue weighted by Crippen LogP contribution is -2.38. The molecule has 0 fully saturated rings. The molecule has 4 heteroatoms. The van der Waals surface area contributed by atoms with Gasteiger partial charge < -0.3 is 15.0 Å². The van der Waals surface area contributed by atoms with Crippen LogP contribution in [-0.2, 0) is 11.2 Å². The van der Waals surface area contributed by atoms with Crippen LogP contribution in [-0.4, -0.2) is 36.3 Å². The maximum atomic E-state index is 5.17. The molecule has 4 nitrogen and oxygen atoms in total. The fourth-order valence-electron chi connectivity index (χ4n) is 1.48. The molecule has 0 aromatic carbocycles. The summed E-state index contributed by atoms with van der Waals surface area (Å²) >= 11 is 0. The van der Waals surface area contributed by atoms with E-state index in [9.17, 15) is 0 Å². The van der Waals surface area contributed by atoms with Gasteiger partial charge in [-0.2, -0.15) is 0 Å². The molecule has 1 atom stereocenters. The summed E-state index contributed by atoms with van der Waals surface area (Å²) in [4.78, 5) is 7.07. The van der Waals surface area contributed by atoms with Crippen LogP contribution in [0.1, 0.15) is 19.5 Å². The molecule has 1 heterocycles. The minimum absolute atomic E-state index is 0.429. The normalized spacial score (nSPS) is 13.3. The summed E-state index contributed by atoms with van der Waals surface area (Å²) < 4.78 is 5.17. The zero-order valence-electron chi connectivity index (χ0n) is 9.79. The molecule has 0 bridgehead atoms. The van der Waals surface area contributed by atoms with Gasteiger partial charge in [0.25, 0.3) is 0 Å². The third-order valence-corrected chi connectivity index (χ3v) is 2.51. The van der Waals surface area contributed by atoms with Crippen LogP contribution in [0.3, 0.4) is 0 Å². The molecule has 0 aliphatic carbocycles. The Balaban J connectivity index is 2.22. The largest absolute Gasteiger partial charge is 0.383 e. The van der Waals surface area contributed by atoms with Gasteiger partial charge in [-0.1, -0.05) is 13.8 Å². The zero-order chi connectivity index (χ0) is 11.1. The van der Waals surface area contributed by atoms with E-state index in [-0.39, 0.29) is 0 Å². The highest BCUT2D eigenvalue weighted by Gasteiger charge is 2.11. The molecular formula is C11H21N3O. The Kier molecular flexibility index (Phi) is 5.36. The SMILES string of the molecule is COCC(NCCc1cnc[nH]1)C(C)C. The smallest absolute Gasteiger partial charge is 0.0921 e. The number of methoxy groups -OCH3 is 1. The van der Waals surface area contributed by atoms with Crippen LogP contribution >= 0.6 is 0 Å². The van der Waals surface area contributed by atoms with Gasteiger partial charge in [0.05, 0.1) is 12.9 Å². The van der Waals surface area contributed by atoms with Crippen LogP contribution in [0.4, 0.5) is 0 Å². The first kappa shape index (κ1) is 12.2. The second kappa shape index (κ2) is 6.58. The molecule has 0 saturated carbocycles. The molecule has 0 aliphatic heterocycles. The summed E-state index contributed by atoms with van der Waals surface area (Å²) in [6, 6.07) is 0.429. The van der Waals surface area contributed by atoms with Crippen molar-refractivity contribution in [1.29, 1.82) is 0 Å². The van der Waals surface area contributed by atoms with E-state index in [1.165, 1.54) is 5.69 Å². The van der Waals surface area contributed by atoms with E-state index in [0.717, 1.165) is 19.6 Å². The van der Waals surface area contributed by atoms with Crippen LogP contribution in [0.5, 0.6) is 0 Å². The van der Waals surface area contributed by atoms with Crippen molar-refractivity contribution in [3.05, 3.63) is 18.2 Å². The van der Waals surface area contributed by atoms with Gasteiger partial charge >= 0.3 is 0 Å². The lowest BCUT2D eigenvalue weighted by Gasteiger charge is -2.21. The molecule has 0 aliphatic rings. The van der Waals surface area contributed by atoms with Crippen molar-refractivity contribution >= 4 is 0 Å². The molecule has 15 heavy (non-hydrogen) atoms. The van der Waals surface area contributed by atoms with Gasteiger partial charge in [0.2, 0.25) is 0 Å². The topological polar surface area (TPSA) is 49.9 Å². The summed E-state index contributed by atoms with van der Waals surface area (Å²) in [7, 11) is 1.74. The van der Waals surface area contributed by atoms with E-state index in [1.54, 1.807) is 13.4 Å². The predicted molar refractivity (Wildman–Crippen MR) is 60.8 cm³/mol. The number of hydrogen-bond acceptors (Lipinski definition) is 3. The van der Waals surface area contributed by atoms with Crippen molar-refractivity contribution in [3.8, 4) is 0 Å². The molecule has 2 N–H and O–H groups in total. The van der Waals surface area contributed by atoms with Crippen molar-refractivity contribution < 1.29 is 4.74 Å². The zero-order valence-corrected chi connectivity index (χ0v) is 9.79. The van der Waals surface area contributed by atoms with Crippen LogP contribution in [0.25, 0.3) is 0 Å². The van der Waals surface area contributed by atoms with E-state index in [2.05, 4.69) is 29.1 Å². The van der Waals surface area contributed by atoms with Crippen molar-refractivity contribution in [2.75, 3.05) is 20.3 Å². The van der Waals surface area contributed by atoms with E-state index < -0.39 is 0 Å². The Morgan fingerprint density at radius 1 is 1.53 bits per heavy atom. The molecule has 1 unspecified atom stereocenters. The summed E-state index contributed by atoms with van der Waals surface area (Å²) in [6.45, 7) is 6.12. The second-order valence-corrected chi connectivity index (χ2v) is 4.09. The first-order valence-electron chi connectivity index (χ1n) is 5.43. The molecule has 0 spiro atoms. The number of hydrogen-bond donors (Lipinski definition) is 2. The third-order valence-electron chi connectivity index (χ3n) is 2.51. The Bertz CT molecular complexity index is 246. The summed E-state index contributed by atoms with van der Waals surface area (Å²) in [6.07, 6.45) is 4.56. The summed E-state index contributed by atoms with van der Waals surface area (Å²) in [5.74, 6) is 0.590. The standard InChI is InChI=1S/C11H21N3O/c1-9(2)11(7-15-3)13-5-4-10-6-12-8-14-10/h6,8-9,11,13H,4-5,7H2,1-3H3,(H,12,14). The highest BCUT2D eigenvalue weighted by Crippen LogP contribution is 2.02. The quantitative estimate of drug-likeness (QED) is 0.713. The number of H-pyrrole nitrogens is 1. The maximum Gasteiger partial charge on any atom is 0.0921 e. The first-order chi connectivity index (χ1) is 7.24. The lowest BCUT2D eigenvalue weighted by molar-refractivity contribution is 0.147. The molecule has 0 amide bonds. The number of aromatic amines is 1. The first-order valence-corrected chi connectivity index (χ1v) is 5.43. The summed E-state index contributed by atoms with van der Waals surface area (Å²) in [5.41, 5.74) is 1.17. The predicted octanol–water partition coefficient (Wildman–Crippen LogP) is 1.21. The second-order valence-electron chi connectivity index (χ2n) is 4.09. The minimum Gasteiger partial charge on any atom is -0.383 e. The molecule has 0 radical (unpaired) electrons. The third kappa shape index (κ3) is 4.44. The average Bonchev–Trinajstić information content (AvgIpc) is 2.69. The number of nitrogens with zero attached hydrogens (tertiary/aromatic N) is 1. The number of rotatable bonds is 7. The van der Waals surface area contributed by atoms with Crippen molar-refractivity contribution in [3.63, 3.8) is 0 Å². The van der Waals surface area contributed by atoms with Crippen molar-refractivity contribution in [1.82, 2.24) is 15.3 Å².